The van der Waals surface area contributed by atoms with Gasteiger partial charge in [0.05, 0.1) is 0 Å². The van der Waals surface area contributed by atoms with Gasteiger partial charge in [-0.2, -0.15) is 0 Å². The van der Waals surface area contributed by atoms with Crippen molar-refractivity contribution < 1.29 is 4.43 Å². The Morgan fingerprint density at radius 3 is 1.69 bits per heavy atom. The van der Waals surface area contributed by atoms with Crippen LogP contribution in [0.3, 0.4) is 0 Å². The standard InChI is InChI=1S/C32H39NOSi/c1-31(2,3)24-20-18-23(19-21-24)28-27(22-14-10-9-11-15-22)29(33)25-16-12-13-17-26(25)30(28)34-35(7,8)32(4,5)6/h9-21H,33H2,1-8H3. The van der Waals surface area contributed by atoms with Crippen LogP contribution in [-0.2, 0) is 5.41 Å². The van der Waals surface area contributed by atoms with Gasteiger partial charge >= 0.3 is 0 Å². The Hall–Kier alpha value is -3.04. The third-order valence-electron chi connectivity index (χ3n) is 7.47. The maximum absolute atomic E-state index is 7.16. The summed E-state index contributed by atoms with van der Waals surface area (Å²) in [4.78, 5) is 0. The minimum atomic E-state index is -2.15. The summed E-state index contributed by atoms with van der Waals surface area (Å²) in [5.74, 6) is 0.948. The predicted molar refractivity (Wildman–Crippen MR) is 156 cm³/mol. The lowest BCUT2D eigenvalue weighted by Gasteiger charge is -2.38. The van der Waals surface area contributed by atoms with Crippen molar-refractivity contribution >= 4 is 24.8 Å². The fraction of sp³-hybridized carbons (Fsp3) is 0.312. The van der Waals surface area contributed by atoms with Crippen molar-refractivity contribution in [2.45, 2.75) is 65.1 Å². The van der Waals surface area contributed by atoms with Crippen LogP contribution in [0.25, 0.3) is 33.0 Å². The van der Waals surface area contributed by atoms with E-state index in [0.717, 1.165) is 44.5 Å². The van der Waals surface area contributed by atoms with Crippen molar-refractivity contribution in [2.24, 2.45) is 0 Å². The number of fused-ring (bicyclic) bond motifs is 1. The van der Waals surface area contributed by atoms with Gasteiger partial charge in [-0.05, 0) is 40.2 Å². The first-order chi connectivity index (χ1) is 16.3. The second-order valence-corrected chi connectivity index (χ2v) is 16.8. The van der Waals surface area contributed by atoms with E-state index in [2.05, 4.69) is 127 Å². The largest absolute Gasteiger partial charge is 0.543 e. The fourth-order valence-corrected chi connectivity index (χ4v) is 5.29. The summed E-state index contributed by atoms with van der Waals surface area (Å²) in [5, 5.41) is 2.18. The lowest BCUT2D eigenvalue weighted by Crippen LogP contribution is -2.44. The molecule has 0 aromatic heterocycles. The molecule has 0 saturated heterocycles. The summed E-state index contributed by atoms with van der Waals surface area (Å²) in [6.45, 7) is 18.2. The summed E-state index contributed by atoms with van der Waals surface area (Å²) < 4.78 is 7.16. The van der Waals surface area contributed by atoms with Crippen LogP contribution in [0.5, 0.6) is 5.75 Å². The molecule has 0 heterocycles. The van der Waals surface area contributed by atoms with Gasteiger partial charge in [0.15, 0.2) is 0 Å². The lowest BCUT2D eigenvalue weighted by molar-refractivity contribution is 0.498. The molecule has 0 aliphatic heterocycles. The van der Waals surface area contributed by atoms with Crippen LogP contribution in [0.4, 0.5) is 5.69 Å². The molecular formula is C32H39NOSi. The van der Waals surface area contributed by atoms with Crippen LogP contribution in [0.15, 0.2) is 78.9 Å². The van der Waals surface area contributed by atoms with E-state index >= 15 is 0 Å². The first-order valence-corrected chi connectivity index (χ1v) is 15.4. The molecule has 0 aliphatic rings. The first kappa shape index (κ1) is 25.1. The number of nitrogens with two attached hydrogens (primary N) is 1. The van der Waals surface area contributed by atoms with Crippen LogP contribution in [0, 0.1) is 0 Å². The van der Waals surface area contributed by atoms with Crippen molar-refractivity contribution in [3.63, 3.8) is 0 Å². The molecule has 0 amide bonds. The molecule has 0 spiro atoms. The van der Waals surface area contributed by atoms with Crippen LogP contribution >= 0.6 is 0 Å². The molecule has 4 aromatic rings. The Balaban J connectivity index is 2.12. The topological polar surface area (TPSA) is 35.2 Å². The summed E-state index contributed by atoms with van der Waals surface area (Å²) in [6.07, 6.45) is 0. The summed E-state index contributed by atoms with van der Waals surface area (Å²) in [7, 11) is -2.15. The Bertz CT molecular complexity index is 1340. The van der Waals surface area contributed by atoms with Crippen molar-refractivity contribution in [3.05, 3.63) is 84.4 Å². The van der Waals surface area contributed by atoms with E-state index in [0.29, 0.717) is 0 Å². The van der Waals surface area contributed by atoms with Gasteiger partial charge in [-0.15, -0.1) is 0 Å². The SMILES string of the molecule is CC(C)(C)c1ccc(-c2c(-c3ccccc3)c(N)c3ccccc3c2O[Si](C)(C)C(C)(C)C)cc1. The van der Waals surface area contributed by atoms with Gasteiger partial charge in [-0.25, -0.2) is 0 Å². The third-order valence-corrected chi connectivity index (χ3v) is 11.8. The number of hydrogen-bond donors (Lipinski definition) is 1. The van der Waals surface area contributed by atoms with E-state index in [-0.39, 0.29) is 10.5 Å². The molecular weight excluding hydrogens is 442 g/mol. The van der Waals surface area contributed by atoms with Gasteiger partial charge in [-0.3, -0.25) is 0 Å². The summed E-state index contributed by atoms with van der Waals surface area (Å²) in [5.41, 5.74) is 13.5. The van der Waals surface area contributed by atoms with E-state index in [1.165, 1.54) is 5.56 Å². The molecule has 2 N–H and O–H groups in total. The average molecular weight is 482 g/mol. The molecule has 35 heavy (non-hydrogen) atoms. The first-order valence-electron chi connectivity index (χ1n) is 12.5. The van der Waals surface area contributed by atoms with Crippen LogP contribution < -0.4 is 10.2 Å². The zero-order chi connectivity index (χ0) is 25.6. The molecule has 2 nitrogen and oxygen atoms in total. The Morgan fingerprint density at radius 1 is 0.629 bits per heavy atom. The van der Waals surface area contributed by atoms with Crippen molar-refractivity contribution in [3.8, 4) is 28.0 Å². The van der Waals surface area contributed by atoms with Crippen molar-refractivity contribution in [2.75, 3.05) is 5.73 Å². The molecule has 0 fully saturated rings. The second-order valence-electron chi connectivity index (χ2n) is 12.1. The number of nitrogen functional groups attached to an aromatic ring is 1. The maximum Gasteiger partial charge on any atom is 0.250 e. The maximum atomic E-state index is 7.16. The minimum absolute atomic E-state index is 0.0652. The second kappa shape index (κ2) is 8.87. The summed E-state index contributed by atoms with van der Waals surface area (Å²) in [6, 6.07) is 27.8. The predicted octanol–water partition coefficient (Wildman–Crippen LogP) is 9.44. The van der Waals surface area contributed by atoms with Gasteiger partial charge in [0, 0.05) is 27.6 Å². The van der Waals surface area contributed by atoms with E-state index < -0.39 is 8.32 Å². The highest BCUT2D eigenvalue weighted by Gasteiger charge is 2.40. The summed E-state index contributed by atoms with van der Waals surface area (Å²) >= 11 is 0. The van der Waals surface area contributed by atoms with Gasteiger partial charge in [0.25, 0.3) is 8.32 Å². The van der Waals surface area contributed by atoms with Gasteiger partial charge < -0.3 is 10.2 Å². The van der Waals surface area contributed by atoms with E-state index in [9.17, 15) is 0 Å². The molecule has 0 saturated carbocycles. The molecule has 3 heteroatoms. The zero-order valence-electron chi connectivity index (χ0n) is 22.5. The van der Waals surface area contributed by atoms with Crippen LogP contribution in [0.2, 0.25) is 18.1 Å². The molecule has 0 unspecified atom stereocenters. The molecule has 0 bridgehead atoms. The Labute approximate surface area is 212 Å². The van der Waals surface area contributed by atoms with Crippen molar-refractivity contribution in [1.29, 1.82) is 0 Å². The van der Waals surface area contributed by atoms with Gasteiger partial charge in [0.1, 0.15) is 5.75 Å². The highest BCUT2D eigenvalue weighted by Crippen LogP contribution is 2.51. The number of benzene rings is 4. The van der Waals surface area contributed by atoms with Crippen LogP contribution in [0.1, 0.15) is 47.1 Å². The lowest BCUT2D eigenvalue weighted by atomic mass is 9.84. The molecule has 182 valence electrons. The van der Waals surface area contributed by atoms with Gasteiger partial charge in [0.2, 0.25) is 0 Å². The highest BCUT2D eigenvalue weighted by molar-refractivity contribution is 6.75. The zero-order valence-corrected chi connectivity index (χ0v) is 23.5. The fourth-order valence-electron chi connectivity index (χ4n) is 4.26. The Morgan fingerprint density at radius 2 is 1.14 bits per heavy atom. The van der Waals surface area contributed by atoms with Gasteiger partial charge in [-0.1, -0.05) is 120 Å². The van der Waals surface area contributed by atoms with E-state index in [1.54, 1.807) is 0 Å². The number of anilines is 1. The van der Waals surface area contributed by atoms with Crippen molar-refractivity contribution in [1.82, 2.24) is 0 Å². The molecule has 0 atom stereocenters. The molecule has 0 aliphatic carbocycles. The normalized spacial score (nSPS) is 12.7. The molecule has 0 radical (unpaired) electrons. The smallest absolute Gasteiger partial charge is 0.250 e. The quantitative estimate of drug-likeness (QED) is 0.233. The molecule has 4 rings (SSSR count). The third kappa shape index (κ3) is 4.75. The average Bonchev–Trinajstić information content (AvgIpc) is 2.80. The minimum Gasteiger partial charge on any atom is -0.543 e. The van der Waals surface area contributed by atoms with E-state index in [4.69, 9.17) is 10.2 Å². The number of rotatable bonds is 4. The van der Waals surface area contributed by atoms with E-state index in [1.807, 2.05) is 6.07 Å². The Kier molecular flexibility index (Phi) is 6.35. The highest BCUT2D eigenvalue weighted by atomic mass is 28.4. The molecule has 4 aromatic carbocycles. The monoisotopic (exact) mass is 481 g/mol. The van der Waals surface area contributed by atoms with Crippen LogP contribution in [-0.4, -0.2) is 8.32 Å². The number of hydrogen-bond acceptors (Lipinski definition) is 2.